The van der Waals surface area contributed by atoms with Crippen LogP contribution in [0.5, 0.6) is 0 Å². The van der Waals surface area contributed by atoms with Crippen LogP contribution in [0.25, 0.3) is 0 Å². The number of benzene rings is 1. The number of aromatic nitrogens is 2. The van der Waals surface area contributed by atoms with Gasteiger partial charge in [0.1, 0.15) is 0 Å². The van der Waals surface area contributed by atoms with E-state index in [1.165, 1.54) is 9.87 Å². The first-order valence-electron chi connectivity index (χ1n) is 6.70. The molecular weight excluding hydrogens is 310 g/mol. The Balaban J connectivity index is 1.97. The quantitative estimate of drug-likeness (QED) is 0.880. The second-order valence-corrected chi connectivity index (χ2v) is 7.24. The molecule has 0 unspecified atom stereocenters. The Labute approximate surface area is 129 Å². The van der Waals surface area contributed by atoms with Crippen LogP contribution in [0.2, 0.25) is 0 Å². The maximum absolute atomic E-state index is 12.8. The zero-order valence-corrected chi connectivity index (χ0v) is 13.2. The number of rotatable bonds is 3. The minimum absolute atomic E-state index is 0.0504. The van der Waals surface area contributed by atoms with Crippen molar-refractivity contribution in [2.45, 2.75) is 30.8 Å². The maximum atomic E-state index is 12.8. The minimum Gasteiger partial charge on any atom is -0.281 e. The highest BCUT2D eigenvalue weighted by Gasteiger charge is 2.32. The molecule has 0 radical (unpaired) electrons. The number of nitrogens with one attached hydrogen (secondary N) is 1. The van der Waals surface area contributed by atoms with E-state index in [-0.39, 0.29) is 10.9 Å². The molecule has 7 heteroatoms. The van der Waals surface area contributed by atoms with E-state index < -0.39 is 10.0 Å². The molecule has 2 aromatic rings. The second-order valence-electron chi connectivity index (χ2n) is 5.12. The summed E-state index contributed by atoms with van der Waals surface area (Å²) >= 11 is 5.86. The highest BCUT2D eigenvalue weighted by Crippen LogP contribution is 2.27. The van der Waals surface area contributed by atoms with Crippen LogP contribution in [-0.2, 0) is 28.9 Å². The van der Waals surface area contributed by atoms with Gasteiger partial charge in [-0.25, -0.2) is 8.42 Å². The van der Waals surface area contributed by atoms with Crippen molar-refractivity contribution < 1.29 is 8.42 Å². The van der Waals surface area contributed by atoms with Gasteiger partial charge in [0, 0.05) is 24.3 Å². The summed E-state index contributed by atoms with van der Waals surface area (Å²) < 4.78 is 27.0. The van der Waals surface area contributed by atoms with Gasteiger partial charge in [-0.05, 0) is 24.5 Å². The molecule has 0 atom stereocenters. The molecule has 1 N–H and O–H groups in total. The van der Waals surface area contributed by atoms with E-state index in [0.29, 0.717) is 24.3 Å². The maximum Gasteiger partial charge on any atom is 0.263 e. The first-order valence-corrected chi connectivity index (χ1v) is 8.68. The number of hydrogen-bond donors (Lipinski definition) is 1. The molecule has 0 spiro atoms. The molecule has 0 bridgehead atoms. The van der Waals surface area contributed by atoms with Crippen molar-refractivity contribution in [3.63, 3.8) is 0 Å². The number of nitrogens with zero attached hydrogens (tertiary/aromatic N) is 2. The van der Waals surface area contributed by atoms with Gasteiger partial charge < -0.3 is 0 Å². The molecule has 112 valence electrons. The summed E-state index contributed by atoms with van der Waals surface area (Å²) in [4.78, 5) is 0. The average Bonchev–Trinajstić information content (AvgIpc) is 2.88. The Morgan fingerprint density at radius 2 is 2.05 bits per heavy atom. The van der Waals surface area contributed by atoms with E-state index in [9.17, 15) is 8.42 Å². The van der Waals surface area contributed by atoms with Gasteiger partial charge in [0.05, 0.1) is 5.88 Å². The predicted octanol–water partition coefficient (Wildman–Crippen LogP) is 2.20. The number of alkyl halides is 1. The van der Waals surface area contributed by atoms with Gasteiger partial charge >= 0.3 is 0 Å². The molecule has 5 nitrogen and oxygen atoms in total. The van der Waals surface area contributed by atoms with Crippen molar-refractivity contribution in [2.24, 2.45) is 0 Å². The Kier molecular flexibility index (Phi) is 3.77. The van der Waals surface area contributed by atoms with E-state index in [1.54, 1.807) is 6.92 Å². The van der Waals surface area contributed by atoms with E-state index >= 15 is 0 Å². The van der Waals surface area contributed by atoms with Crippen molar-refractivity contribution in [1.29, 1.82) is 0 Å². The van der Waals surface area contributed by atoms with Gasteiger partial charge in [-0.2, -0.15) is 9.40 Å². The fourth-order valence-corrected chi connectivity index (χ4v) is 4.59. The lowest BCUT2D eigenvalue weighted by molar-refractivity contribution is 0.389. The number of halogens is 1. The molecule has 1 aliphatic rings. The van der Waals surface area contributed by atoms with Crippen molar-refractivity contribution in [3.05, 3.63) is 46.6 Å². The van der Waals surface area contributed by atoms with Crippen LogP contribution in [0.3, 0.4) is 0 Å². The summed E-state index contributed by atoms with van der Waals surface area (Å²) in [7, 11) is -3.62. The van der Waals surface area contributed by atoms with Gasteiger partial charge in [-0.1, -0.05) is 24.3 Å². The van der Waals surface area contributed by atoms with Crippen molar-refractivity contribution in [1.82, 2.24) is 14.5 Å². The van der Waals surface area contributed by atoms with Crippen LogP contribution in [0.1, 0.15) is 22.4 Å². The smallest absolute Gasteiger partial charge is 0.263 e. The molecule has 1 aromatic heterocycles. The van der Waals surface area contributed by atoms with Gasteiger partial charge in [0.25, 0.3) is 10.0 Å². The number of H-pyrrole nitrogens is 1. The largest absolute Gasteiger partial charge is 0.281 e. The van der Waals surface area contributed by atoms with E-state index in [2.05, 4.69) is 10.2 Å². The molecule has 0 saturated carbocycles. The van der Waals surface area contributed by atoms with Crippen LogP contribution in [0, 0.1) is 6.92 Å². The Bertz CT molecular complexity index is 770. The van der Waals surface area contributed by atoms with Crippen LogP contribution in [-0.4, -0.2) is 29.5 Å². The van der Waals surface area contributed by atoms with Crippen LogP contribution >= 0.6 is 11.6 Å². The lowest BCUT2D eigenvalue weighted by Gasteiger charge is -2.27. The summed E-state index contributed by atoms with van der Waals surface area (Å²) in [5.41, 5.74) is 3.50. The number of hydrogen-bond acceptors (Lipinski definition) is 3. The van der Waals surface area contributed by atoms with Crippen molar-refractivity contribution in [2.75, 3.05) is 6.54 Å². The molecule has 21 heavy (non-hydrogen) atoms. The lowest BCUT2D eigenvalue weighted by Crippen LogP contribution is -2.36. The van der Waals surface area contributed by atoms with Gasteiger partial charge in [-0.3, -0.25) is 5.10 Å². The molecule has 0 fully saturated rings. The first-order chi connectivity index (χ1) is 10.0. The van der Waals surface area contributed by atoms with E-state index in [4.69, 9.17) is 11.6 Å². The lowest BCUT2D eigenvalue weighted by atomic mass is 10.0. The fourth-order valence-electron chi connectivity index (χ4n) is 2.60. The van der Waals surface area contributed by atoms with Gasteiger partial charge in [-0.15, -0.1) is 11.6 Å². The highest BCUT2D eigenvalue weighted by molar-refractivity contribution is 7.89. The Morgan fingerprint density at radius 1 is 1.33 bits per heavy atom. The highest BCUT2D eigenvalue weighted by atomic mass is 35.5. The molecule has 3 rings (SSSR count). The molecule has 2 heterocycles. The third-order valence-electron chi connectivity index (χ3n) is 3.85. The first kappa shape index (κ1) is 14.6. The third kappa shape index (κ3) is 2.47. The van der Waals surface area contributed by atoms with Gasteiger partial charge in [0.15, 0.2) is 5.03 Å². The summed E-state index contributed by atoms with van der Waals surface area (Å²) in [6.07, 6.45) is 0.717. The summed E-state index contributed by atoms with van der Waals surface area (Å²) in [6, 6.07) is 7.92. The van der Waals surface area contributed by atoms with Gasteiger partial charge in [0.2, 0.25) is 0 Å². The summed E-state index contributed by atoms with van der Waals surface area (Å²) in [5.74, 6) is 0.126. The molecule has 0 saturated heterocycles. The monoisotopic (exact) mass is 325 g/mol. The average molecular weight is 326 g/mol. The van der Waals surface area contributed by atoms with E-state index in [1.807, 2.05) is 24.3 Å². The molecule has 0 amide bonds. The standard InChI is InChI=1S/C14H16ClN3O2S/c1-10-13(8-15)14(17-16-10)21(19,20)18-7-6-11-4-2-3-5-12(11)9-18/h2-5H,6-9H2,1H3,(H,16,17). The van der Waals surface area contributed by atoms with Crippen LogP contribution in [0.4, 0.5) is 0 Å². The van der Waals surface area contributed by atoms with E-state index in [0.717, 1.165) is 12.0 Å². The van der Waals surface area contributed by atoms with Crippen molar-refractivity contribution >= 4 is 21.6 Å². The van der Waals surface area contributed by atoms with Crippen LogP contribution < -0.4 is 0 Å². The normalized spacial score (nSPS) is 15.9. The zero-order valence-electron chi connectivity index (χ0n) is 11.6. The summed E-state index contributed by atoms with van der Waals surface area (Å²) in [5, 5.41) is 6.71. The molecule has 1 aliphatic heterocycles. The van der Waals surface area contributed by atoms with Crippen LogP contribution in [0.15, 0.2) is 29.3 Å². The number of fused-ring (bicyclic) bond motifs is 1. The predicted molar refractivity (Wildman–Crippen MR) is 80.6 cm³/mol. The zero-order chi connectivity index (χ0) is 15.0. The molecule has 0 aliphatic carbocycles. The minimum atomic E-state index is -3.62. The Morgan fingerprint density at radius 3 is 2.76 bits per heavy atom. The number of aromatic amines is 1. The number of aryl methyl sites for hydroxylation is 1. The topological polar surface area (TPSA) is 66.1 Å². The molecular formula is C14H16ClN3O2S. The third-order valence-corrected chi connectivity index (χ3v) is 5.93. The second kappa shape index (κ2) is 5.44. The Hall–Kier alpha value is -1.37. The van der Waals surface area contributed by atoms with Crippen molar-refractivity contribution in [3.8, 4) is 0 Å². The number of sulfonamides is 1. The SMILES string of the molecule is Cc1[nH]nc(S(=O)(=O)N2CCc3ccccc3C2)c1CCl. The summed E-state index contributed by atoms with van der Waals surface area (Å²) in [6.45, 7) is 2.62. The fraction of sp³-hybridized carbons (Fsp3) is 0.357. The molecule has 1 aromatic carbocycles.